The van der Waals surface area contributed by atoms with Crippen molar-refractivity contribution in [1.82, 2.24) is 0 Å². The number of fused-ring (bicyclic) bond motifs is 1. The molecule has 2 rings (SSSR count). The number of non-ortho nitro benzene ring substituents is 1. The summed E-state index contributed by atoms with van der Waals surface area (Å²) in [5, 5.41) is 10.5. The van der Waals surface area contributed by atoms with Crippen LogP contribution < -0.4 is 0 Å². The highest BCUT2D eigenvalue weighted by molar-refractivity contribution is 8.00. The molecule has 0 atom stereocenters. The molecule has 0 spiro atoms. The molecule has 0 radical (unpaired) electrons. The number of nitrogens with zero attached hydrogens (tertiary/aromatic N) is 1. The molecule has 0 unspecified atom stereocenters. The number of nitro groups is 1. The Bertz CT molecular complexity index is 432. The Kier molecular flexibility index (Phi) is 2.59. The fourth-order valence-electron chi connectivity index (χ4n) is 1.27. The monoisotopic (exact) mass is 225 g/mol. The van der Waals surface area contributed by atoms with Gasteiger partial charge in [-0.3, -0.25) is 14.9 Å². The number of cyclic esters (lactones) is 1. The molecule has 1 aliphatic rings. The topological polar surface area (TPSA) is 69.4 Å². The predicted molar refractivity (Wildman–Crippen MR) is 53.6 cm³/mol. The first-order chi connectivity index (χ1) is 7.16. The molecule has 0 aromatic heterocycles. The van der Waals surface area contributed by atoms with Crippen LogP contribution in [-0.4, -0.2) is 16.6 Å². The molecule has 78 valence electrons. The Labute approximate surface area is 89.6 Å². The third-order valence-electron chi connectivity index (χ3n) is 1.99. The fraction of sp³-hybridized carbons (Fsp3) is 0.222. The van der Waals surface area contributed by atoms with E-state index in [2.05, 4.69) is 0 Å². The van der Waals surface area contributed by atoms with Crippen LogP contribution >= 0.6 is 11.8 Å². The number of thioether (sulfide) groups is 1. The smallest absolute Gasteiger partial charge is 0.316 e. The van der Waals surface area contributed by atoms with Gasteiger partial charge < -0.3 is 4.74 Å². The maximum atomic E-state index is 11.0. The van der Waals surface area contributed by atoms with E-state index < -0.39 is 4.92 Å². The number of carbonyl (C=O) groups excluding carboxylic acids is 1. The van der Waals surface area contributed by atoms with Crippen LogP contribution in [0, 0.1) is 10.1 Å². The summed E-state index contributed by atoms with van der Waals surface area (Å²) in [6.45, 7) is 0.114. The molecule has 0 amide bonds. The van der Waals surface area contributed by atoms with Crippen molar-refractivity contribution < 1.29 is 14.5 Å². The van der Waals surface area contributed by atoms with Gasteiger partial charge >= 0.3 is 5.97 Å². The summed E-state index contributed by atoms with van der Waals surface area (Å²) in [7, 11) is 0. The van der Waals surface area contributed by atoms with E-state index in [1.54, 1.807) is 6.07 Å². The first-order valence-corrected chi connectivity index (χ1v) is 5.21. The predicted octanol–water partition coefficient (Wildman–Crippen LogP) is 1.74. The van der Waals surface area contributed by atoms with E-state index in [-0.39, 0.29) is 24.0 Å². The lowest BCUT2D eigenvalue weighted by Crippen LogP contribution is -2.03. The van der Waals surface area contributed by atoms with Crippen molar-refractivity contribution in [1.29, 1.82) is 0 Å². The molecular weight excluding hydrogens is 218 g/mol. The molecule has 0 bridgehead atoms. The zero-order valence-corrected chi connectivity index (χ0v) is 8.45. The van der Waals surface area contributed by atoms with Gasteiger partial charge in [0.2, 0.25) is 0 Å². The quantitative estimate of drug-likeness (QED) is 0.413. The average Bonchev–Trinajstić information content (AvgIpc) is 2.40. The fourth-order valence-corrected chi connectivity index (χ4v) is 2.09. The molecule has 1 aromatic rings. The van der Waals surface area contributed by atoms with Gasteiger partial charge in [-0.1, -0.05) is 0 Å². The molecular formula is C9H7NO4S. The highest BCUT2D eigenvalue weighted by Gasteiger charge is 2.17. The number of carbonyl (C=O) groups is 1. The number of benzene rings is 1. The zero-order valence-electron chi connectivity index (χ0n) is 7.63. The highest BCUT2D eigenvalue weighted by Crippen LogP contribution is 2.29. The van der Waals surface area contributed by atoms with Crippen molar-refractivity contribution in [3.63, 3.8) is 0 Å². The molecule has 5 nitrogen and oxygen atoms in total. The van der Waals surface area contributed by atoms with Crippen molar-refractivity contribution in [2.45, 2.75) is 11.5 Å². The number of rotatable bonds is 1. The van der Waals surface area contributed by atoms with Crippen LogP contribution in [0.1, 0.15) is 5.56 Å². The Morgan fingerprint density at radius 1 is 1.47 bits per heavy atom. The van der Waals surface area contributed by atoms with Gasteiger partial charge in [-0.15, -0.1) is 11.8 Å². The molecule has 15 heavy (non-hydrogen) atoms. The summed E-state index contributed by atoms with van der Waals surface area (Å²) < 4.78 is 4.88. The molecule has 1 aliphatic heterocycles. The maximum Gasteiger partial charge on any atom is 0.316 e. The third kappa shape index (κ3) is 2.10. The molecule has 1 heterocycles. The zero-order chi connectivity index (χ0) is 10.8. The SMILES string of the molecule is O=C1CSc2ccc([N+](=O)[O-])cc2CO1. The van der Waals surface area contributed by atoms with Crippen LogP contribution in [0.5, 0.6) is 0 Å². The lowest BCUT2D eigenvalue weighted by atomic mass is 10.2. The normalized spacial score (nSPS) is 15.1. The van der Waals surface area contributed by atoms with Gasteiger partial charge in [0.1, 0.15) is 6.61 Å². The second-order valence-electron chi connectivity index (χ2n) is 3.00. The van der Waals surface area contributed by atoms with Crippen molar-refractivity contribution in [2.75, 3.05) is 5.75 Å². The minimum atomic E-state index is -0.461. The second-order valence-corrected chi connectivity index (χ2v) is 4.02. The van der Waals surface area contributed by atoms with Crippen molar-refractivity contribution in [3.05, 3.63) is 33.9 Å². The first kappa shape index (κ1) is 9.97. The molecule has 0 saturated heterocycles. The molecule has 0 aliphatic carbocycles. The van der Waals surface area contributed by atoms with Crippen molar-refractivity contribution in [3.8, 4) is 0 Å². The number of ether oxygens (including phenoxy) is 1. The summed E-state index contributed by atoms with van der Waals surface area (Å²) in [5.74, 6) is -0.0380. The summed E-state index contributed by atoms with van der Waals surface area (Å²) in [6.07, 6.45) is 0. The van der Waals surface area contributed by atoms with Crippen LogP contribution in [-0.2, 0) is 16.1 Å². The summed E-state index contributed by atoms with van der Waals surface area (Å²) in [5.41, 5.74) is 0.715. The molecule has 0 fully saturated rings. The van der Waals surface area contributed by atoms with E-state index in [1.165, 1.54) is 23.9 Å². The second kappa shape index (κ2) is 3.90. The van der Waals surface area contributed by atoms with Crippen LogP contribution in [0.25, 0.3) is 0 Å². The summed E-state index contributed by atoms with van der Waals surface area (Å²) >= 11 is 1.34. The van der Waals surface area contributed by atoms with Gasteiger partial charge in [0, 0.05) is 22.6 Å². The van der Waals surface area contributed by atoms with E-state index >= 15 is 0 Å². The van der Waals surface area contributed by atoms with Crippen LogP contribution in [0.2, 0.25) is 0 Å². The average molecular weight is 225 g/mol. The number of hydrogen-bond donors (Lipinski definition) is 0. The summed E-state index contributed by atoms with van der Waals surface area (Å²) in [6, 6.07) is 4.53. The lowest BCUT2D eigenvalue weighted by Gasteiger charge is -2.02. The van der Waals surface area contributed by atoms with Crippen molar-refractivity contribution in [2.24, 2.45) is 0 Å². The number of hydrogen-bond acceptors (Lipinski definition) is 5. The molecule has 1 aromatic carbocycles. The van der Waals surface area contributed by atoms with Gasteiger partial charge in [-0.2, -0.15) is 0 Å². The van der Waals surface area contributed by atoms with Crippen LogP contribution in [0.3, 0.4) is 0 Å². The Morgan fingerprint density at radius 2 is 2.27 bits per heavy atom. The van der Waals surface area contributed by atoms with Gasteiger partial charge in [-0.05, 0) is 6.07 Å². The largest absolute Gasteiger partial charge is 0.460 e. The minimum absolute atomic E-state index is 0.0206. The Balaban J connectivity index is 2.36. The van der Waals surface area contributed by atoms with Gasteiger partial charge in [-0.25, -0.2) is 0 Å². The van der Waals surface area contributed by atoms with Gasteiger partial charge in [0.05, 0.1) is 10.7 Å². The van der Waals surface area contributed by atoms with Gasteiger partial charge in [0.15, 0.2) is 0 Å². The summed E-state index contributed by atoms with van der Waals surface area (Å²) in [4.78, 5) is 21.9. The lowest BCUT2D eigenvalue weighted by molar-refractivity contribution is -0.385. The van der Waals surface area contributed by atoms with E-state index in [9.17, 15) is 14.9 Å². The minimum Gasteiger partial charge on any atom is -0.460 e. The van der Waals surface area contributed by atoms with E-state index in [1.807, 2.05) is 0 Å². The Hall–Kier alpha value is -1.56. The van der Waals surface area contributed by atoms with Crippen LogP contribution in [0.4, 0.5) is 5.69 Å². The van der Waals surface area contributed by atoms with Crippen molar-refractivity contribution >= 4 is 23.4 Å². The maximum absolute atomic E-state index is 11.0. The molecule has 6 heteroatoms. The number of nitro benzene ring substituents is 1. The standard InChI is InChI=1S/C9H7NO4S/c11-9-5-15-8-2-1-7(10(12)13)3-6(8)4-14-9/h1-3H,4-5H2. The van der Waals surface area contributed by atoms with Crippen LogP contribution in [0.15, 0.2) is 23.1 Å². The molecule has 0 saturated carbocycles. The first-order valence-electron chi connectivity index (χ1n) is 4.22. The molecule has 0 N–H and O–H groups in total. The third-order valence-corrected chi connectivity index (χ3v) is 3.08. The highest BCUT2D eigenvalue weighted by atomic mass is 32.2. The van der Waals surface area contributed by atoms with E-state index in [4.69, 9.17) is 4.74 Å². The van der Waals surface area contributed by atoms with E-state index in [0.717, 1.165) is 4.90 Å². The Morgan fingerprint density at radius 3 is 3.00 bits per heavy atom. The van der Waals surface area contributed by atoms with E-state index in [0.29, 0.717) is 5.56 Å². The van der Waals surface area contributed by atoms with Gasteiger partial charge in [0.25, 0.3) is 5.69 Å². The number of esters is 1.